The van der Waals surface area contributed by atoms with Crippen molar-refractivity contribution in [3.63, 3.8) is 0 Å². The number of carbonyl (C=O) groups excluding carboxylic acids is 1. The van der Waals surface area contributed by atoms with Gasteiger partial charge in [-0.2, -0.15) is 0 Å². The van der Waals surface area contributed by atoms with Crippen molar-refractivity contribution < 1.29 is 19.4 Å². The Morgan fingerprint density at radius 2 is 2.14 bits per heavy atom. The van der Waals surface area contributed by atoms with Crippen LogP contribution in [0.2, 0.25) is 0 Å². The molecule has 0 aromatic rings. The van der Waals surface area contributed by atoms with Crippen LogP contribution in [-0.4, -0.2) is 61.0 Å². The van der Waals surface area contributed by atoms with Crippen LogP contribution >= 0.6 is 0 Å². The predicted molar refractivity (Wildman–Crippen MR) is 82.1 cm³/mol. The van der Waals surface area contributed by atoms with Crippen molar-refractivity contribution in [2.45, 2.75) is 57.7 Å². The van der Waals surface area contributed by atoms with E-state index in [1.807, 2.05) is 32.8 Å². The molecule has 1 aliphatic rings. The normalized spacial score (nSPS) is 24.6. The number of hydrogen-bond acceptors (Lipinski definition) is 5. The van der Waals surface area contributed by atoms with Crippen molar-refractivity contribution >= 4 is 5.97 Å². The summed E-state index contributed by atoms with van der Waals surface area (Å²) in [4.78, 5) is 13.9. The Kier molecular flexibility index (Phi) is 6.63. The fourth-order valence-electron chi connectivity index (χ4n) is 2.82. The summed E-state index contributed by atoms with van der Waals surface area (Å²) in [5.41, 5.74) is -1.26. The maximum atomic E-state index is 11.9. The molecule has 0 aromatic carbocycles. The zero-order valence-corrected chi connectivity index (χ0v) is 14.1. The van der Waals surface area contributed by atoms with Crippen LogP contribution in [0.5, 0.6) is 0 Å². The monoisotopic (exact) mass is 301 g/mol. The summed E-state index contributed by atoms with van der Waals surface area (Å²) < 4.78 is 10.9. The SMILES string of the molecule is CN(C)CCCOC(=O)C[C@@](C)(O)[C@H]1CCOC(C)(C)C1. The van der Waals surface area contributed by atoms with Gasteiger partial charge in [0.1, 0.15) is 0 Å². The third kappa shape index (κ3) is 6.76. The van der Waals surface area contributed by atoms with Crippen molar-refractivity contribution in [2.75, 3.05) is 33.9 Å². The highest BCUT2D eigenvalue weighted by Crippen LogP contribution is 2.37. The van der Waals surface area contributed by atoms with Gasteiger partial charge in [0.25, 0.3) is 0 Å². The van der Waals surface area contributed by atoms with E-state index in [-0.39, 0.29) is 23.9 Å². The number of aliphatic hydroxyl groups is 1. The average molecular weight is 301 g/mol. The Morgan fingerprint density at radius 3 is 2.71 bits per heavy atom. The average Bonchev–Trinajstić information content (AvgIpc) is 2.32. The van der Waals surface area contributed by atoms with Crippen molar-refractivity contribution in [1.82, 2.24) is 4.90 Å². The van der Waals surface area contributed by atoms with E-state index < -0.39 is 5.60 Å². The molecule has 1 heterocycles. The molecule has 1 N–H and O–H groups in total. The van der Waals surface area contributed by atoms with Crippen LogP contribution in [0.4, 0.5) is 0 Å². The second-order valence-electron chi connectivity index (χ2n) is 7.21. The Bertz CT molecular complexity index is 339. The molecule has 0 amide bonds. The summed E-state index contributed by atoms with van der Waals surface area (Å²) in [6, 6.07) is 0. The number of carbonyl (C=O) groups is 1. The van der Waals surface area contributed by atoms with E-state index in [4.69, 9.17) is 9.47 Å². The van der Waals surface area contributed by atoms with E-state index in [2.05, 4.69) is 0 Å². The second kappa shape index (κ2) is 7.56. The number of hydrogen-bond donors (Lipinski definition) is 1. The maximum absolute atomic E-state index is 11.9. The van der Waals surface area contributed by atoms with Gasteiger partial charge in [-0.3, -0.25) is 4.79 Å². The molecule has 5 heteroatoms. The highest BCUT2D eigenvalue weighted by atomic mass is 16.5. The van der Waals surface area contributed by atoms with Crippen molar-refractivity contribution in [3.05, 3.63) is 0 Å². The van der Waals surface area contributed by atoms with Gasteiger partial charge in [0.2, 0.25) is 0 Å². The molecule has 2 atom stereocenters. The van der Waals surface area contributed by atoms with Gasteiger partial charge in [0, 0.05) is 13.2 Å². The smallest absolute Gasteiger partial charge is 0.308 e. The lowest BCUT2D eigenvalue weighted by molar-refractivity contribution is -0.158. The van der Waals surface area contributed by atoms with E-state index in [0.717, 1.165) is 25.8 Å². The van der Waals surface area contributed by atoms with Gasteiger partial charge < -0.3 is 19.5 Å². The van der Waals surface area contributed by atoms with E-state index >= 15 is 0 Å². The second-order valence-corrected chi connectivity index (χ2v) is 7.21. The number of rotatable bonds is 7. The van der Waals surface area contributed by atoms with Gasteiger partial charge in [-0.1, -0.05) is 0 Å². The third-order valence-electron chi connectivity index (χ3n) is 4.09. The maximum Gasteiger partial charge on any atom is 0.308 e. The molecule has 0 unspecified atom stereocenters. The minimum atomic E-state index is -1.03. The van der Waals surface area contributed by atoms with Gasteiger partial charge in [-0.25, -0.2) is 0 Å². The Labute approximate surface area is 128 Å². The van der Waals surface area contributed by atoms with E-state index in [0.29, 0.717) is 13.2 Å². The van der Waals surface area contributed by atoms with Crippen molar-refractivity contribution in [3.8, 4) is 0 Å². The highest BCUT2D eigenvalue weighted by molar-refractivity contribution is 5.70. The number of esters is 1. The van der Waals surface area contributed by atoms with Crippen LogP contribution in [-0.2, 0) is 14.3 Å². The van der Waals surface area contributed by atoms with E-state index in [1.165, 1.54) is 0 Å². The van der Waals surface area contributed by atoms with Crippen LogP contribution in [0.3, 0.4) is 0 Å². The summed E-state index contributed by atoms with van der Waals surface area (Å²) in [5, 5.41) is 10.6. The molecular weight excluding hydrogens is 270 g/mol. The standard InChI is InChI=1S/C16H31NO4/c1-15(2)11-13(7-10-21-15)16(3,19)12-14(18)20-9-6-8-17(4)5/h13,19H,6-12H2,1-5H3/t13-,16+/m0/s1. The van der Waals surface area contributed by atoms with E-state index in [1.54, 1.807) is 6.92 Å². The highest BCUT2D eigenvalue weighted by Gasteiger charge is 2.40. The first kappa shape index (κ1) is 18.4. The molecule has 0 spiro atoms. The molecule has 1 aliphatic heterocycles. The summed E-state index contributed by atoms with van der Waals surface area (Å²) in [7, 11) is 3.97. The van der Waals surface area contributed by atoms with Crippen LogP contribution < -0.4 is 0 Å². The summed E-state index contributed by atoms with van der Waals surface area (Å²) in [6.07, 6.45) is 2.40. The predicted octanol–water partition coefficient (Wildman–Crippen LogP) is 1.83. The number of ether oxygens (including phenoxy) is 2. The Morgan fingerprint density at radius 1 is 1.48 bits per heavy atom. The summed E-state index contributed by atoms with van der Waals surface area (Å²) >= 11 is 0. The minimum absolute atomic E-state index is 0.0513. The third-order valence-corrected chi connectivity index (χ3v) is 4.09. The van der Waals surface area contributed by atoms with Gasteiger partial charge in [0.15, 0.2) is 0 Å². The molecule has 0 aromatic heterocycles. The zero-order valence-electron chi connectivity index (χ0n) is 14.1. The Hall–Kier alpha value is -0.650. The van der Waals surface area contributed by atoms with Crippen LogP contribution in [0, 0.1) is 5.92 Å². The molecule has 1 saturated heterocycles. The molecule has 1 rings (SSSR count). The minimum Gasteiger partial charge on any atom is -0.466 e. The first-order chi connectivity index (χ1) is 9.62. The molecule has 0 aliphatic carbocycles. The summed E-state index contributed by atoms with van der Waals surface area (Å²) in [5.74, 6) is -0.251. The lowest BCUT2D eigenvalue weighted by Gasteiger charge is -2.42. The van der Waals surface area contributed by atoms with Gasteiger partial charge in [-0.15, -0.1) is 0 Å². The molecule has 0 saturated carbocycles. The molecule has 21 heavy (non-hydrogen) atoms. The van der Waals surface area contributed by atoms with Crippen LogP contribution in [0.1, 0.15) is 46.5 Å². The quantitative estimate of drug-likeness (QED) is 0.574. The van der Waals surface area contributed by atoms with Gasteiger partial charge in [0.05, 0.1) is 24.2 Å². The van der Waals surface area contributed by atoms with E-state index in [9.17, 15) is 9.90 Å². The van der Waals surface area contributed by atoms with Gasteiger partial charge in [-0.05, 0) is 60.0 Å². The largest absolute Gasteiger partial charge is 0.466 e. The molecule has 1 fully saturated rings. The zero-order chi connectivity index (χ0) is 16.1. The van der Waals surface area contributed by atoms with Crippen molar-refractivity contribution in [2.24, 2.45) is 5.92 Å². The fraction of sp³-hybridized carbons (Fsp3) is 0.938. The molecule has 5 nitrogen and oxygen atoms in total. The first-order valence-electron chi connectivity index (χ1n) is 7.79. The molecule has 0 bridgehead atoms. The fourth-order valence-corrected chi connectivity index (χ4v) is 2.82. The lowest BCUT2D eigenvalue weighted by atomic mass is 9.76. The van der Waals surface area contributed by atoms with Crippen LogP contribution in [0.25, 0.3) is 0 Å². The van der Waals surface area contributed by atoms with Gasteiger partial charge >= 0.3 is 5.97 Å². The lowest BCUT2D eigenvalue weighted by Crippen LogP contribution is -2.45. The topological polar surface area (TPSA) is 59.0 Å². The number of nitrogens with zero attached hydrogens (tertiary/aromatic N) is 1. The summed E-state index contributed by atoms with van der Waals surface area (Å²) in [6.45, 7) is 7.71. The molecular formula is C16H31NO4. The first-order valence-corrected chi connectivity index (χ1v) is 7.79. The van der Waals surface area contributed by atoms with Crippen LogP contribution in [0.15, 0.2) is 0 Å². The molecule has 124 valence electrons. The van der Waals surface area contributed by atoms with Crippen molar-refractivity contribution in [1.29, 1.82) is 0 Å². The molecule has 0 radical (unpaired) electrons. The Balaban J connectivity index is 2.38.